The zero-order chi connectivity index (χ0) is 26.1. The Morgan fingerprint density at radius 3 is 2.36 bits per heavy atom. The molecule has 36 heavy (non-hydrogen) atoms. The molecule has 1 fully saturated rings. The van der Waals surface area contributed by atoms with Crippen LogP contribution in [0.4, 0.5) is 24.5 Å². The molecule has 8 nitrogen and oxygen atoms in total. The van der Waals surface area contributed by atoms with Gasteiger partial charge in [0.1, 0.15) is 9.84 Å². The second-order valence-electron chi connectivity index (χ2n) is 8.68. The lowest BCUT2D eigenvalue weighted by atomic mass is 9.98. The lowest BCUT2D eigenvalue weighted by molar-refractivity contribution is -0.190. The molecule has 1 N–H and O–H groups in total. The van der Waals surface area contributed by atoms with Crippen LogP contribution in [0.5, 0.6) is 5.88 Å². The molecule has 192 valence electrons. The minimum atomic E-state index is -4.72. The summed E-state index contributed by atoms with van der Waals surface area (Å²) < 4.78 is 70.5. The topological polar surface area (TPSA) is 101 Å². The van der Waals surface area contributed by atoms with Gasteiger partial charge in [-0.05, 0) is 42.7 Å². The Kier molecular flexibility index (Phi) is 7.07. The molecule has 0 radical (unpaired) electrons. The molecule has 1 aliphatic heterocycles. The summed E-state index contributed by atoms with van der Waals surface area (Å²) in [6.07, 6.45) is -3.08. The Balaban J connectivity index is 1.52. The number of nitrogens with one attached hydrogen (secondary N) is 1. The fourth-order valence-electron chi connectivity index (χ4n) is 4.27. The van der Waals surface area contributed by atoms with Crippen molar-refractivity contribution >= 4 is 38.2 Å². The van der Waals surface area contributed by atoms with Crippen LogP contribution in [0, 0.1) is 5.92 Å². The number of rotatable bonds is 6. The number of carbonyl (C=O) groups excluding carboxylic acids is 1. The minimum Gasteiger partial charge on any atom is -0.481 e. The zero-order valence-electron chi connectivity index (χ0n) is 19.6. The van der Waals surface area contributed by atoms with Crippen LogP contribution in [0.2, 0.25) is 0 Å². The molecule has 1 atom stereocenters. The number of pyridine rings is 2. The van der Waals surface area contributed by atoms with E-state index in [0.717, 1.165) is 7.05 Å². The smallest absolute Gasteiger partial charge is 0.413 e. The molecular formula is C24H25F3N4O4S. The number of halogens is 3. The molecule has 0 spiro atoms. The van der Waals surface area contributed by atoms with E-state index in [0.29, 0.717) is 33.2 Å². The van der Waals surface area contributed by atoms with E-state index in [2.05, 4.69) is 15.3 Å². The molecule has 0 saturated carbocycles. The average Bonchev–Trinajstić information content (AvgIpc) is 2.83. The molecule has 3 heterocycles. The van der Waals surface area contributed by atoms with E-state index in [9.17, 15) is 26.4 Å². The van der Waals surface area contributed by atoms with Gasteiger partial charge in [-0.25, -0.2) is 13.4 Å². The zero-order valence-corrected chi connectivity index (χ0v) is 20.4. The number of hydrogen-bond donors (Lipinski definition) is 1. The molecule has 2 aromatic heterocycles. The first kappa shape index (κ1) is 25.7. The summed E-state index contributed by atoms with van der Waals surface area (Å²) in [5.74, 6) is -1.42. The highest BCUT2D eigenvalue weighted by atomic mass is 32.2. The third-order valence-corrected chi connectivity index (χ3v) is 7.90. The van der Waals surface area contributed by atoms with E-state index in [1.807, 2.05) is 0 Å². The number of aromatic nitrogens is 2. The van der Waals surface area contributed by atoms with Gasteiger partial charge in [-0.2, -0.15) is 13.2 Å². The summed E-state index contributed by atoms with van der Waals surface area (Å²) in [5, 5.41) is 3.09. The van der Waals surface area contributed by atoms with Gasteiger partial charge in [0.2, 0.25) is 11.8 Å². The predicted octanol–water partition coefficient (Wildman–Crippen LogP) is 4.27. The van der Waals surface area contributed by atoms with Gasteiger partial charge < -0.3 is 15.0 Å². The van der Waals surface area contributed by atoms with Gasteiger partial charge in [-0.15, -0.1) is 0 Å². The van der Waals surface area contributed by atoms with Crippen molar-refractivity contribution in [2.75, 3.05) is 31.0 Å². The Morgan fingerprint density at radius 2 is 1.75 bits per heavy atom. The molecule has 0 bridgehead atoms. The monoisotopic (exact) mass is 522 g/mol. The highest BCUT2D eigenvalue weighted by molar-refractivity contribution is 7.91. The molecule has 1 amide bonds. The highest BCUT2D eigenvalue weighted by Crippen LogP contribution is 2.39. The van der Waals surface area contributed by atoms with Crippen molar-refractivity contribution in [1.82, 2.24) is 14.9 Å². The van der Waals surface area contributed by atoms with Crippen molar-refractivity contribution in [3.05, 3.63) is 54.2 Å². The van der Waals surface area contributed by atoms with Crippen LogP contribution in [0.3, 0.4) is 0 Å². The van der Waals surface area contributed by atoms with Crippen LogP contribution in [-0.4, -0.2) is 61.0 Å². The lowest BCUT2D eigenvalue weighted by Crippen LogP contribution is -2.44. The van der Waals surface area contributed by atoms with E-state index in [1.165, 1.54) is 31.4 Å². The highest BCUT2D eigenvalue weighted by Gasteiger charge is 2.46. The van der Waals surface area contributed by atoms with Gasteiger partial charge in [0.25, 0.3) is 0 Å². The van der Waals surface area contributed by atoms with Crippen LogP contribution < -0.4 is 10.1 Å². The van der Waals surface area contributed by atoms with E-state index >= 15 is 0 Å². The average molecular weight is 523 g/mol. The number of fused-ring (bicyclic) bond motifs is 1. The maximum absolute atomic E-state index is 14.0. The number of methoxy groups -OCH3 is 1. The quantitative estimate of drug-likeness (QED) is 0.516. The van der Waals surface area contributed by atoms with Crippen molar-refractivity contribution < 1.29 is 31.1 Å². The van der Waals surface area contributed by atoms with Gasteiger partial charge in [0.15, 0.2) is 6.04 Å². The second-order valence-corrected chi connectivity index (χ2v) is 11.0. The Morgan fingerprint density at radius 1 is 1.08 bits per heavy atom. The SMILES string of the molecule is COc1ccc2ncc(Nc3ccc([C@H](N(C)C(=O)C4CCS(=O)(=O)CC4)C(F)(F)F)cc3)cc2n1. The van der Waals surface area contributed by atoms with Crippen molar-refractivity contribution in [3.8, 4) is 5.88 Å². The van der Waals surface area contributed by atoms with Crippen LogP contribution in [0.25, 0.3) is 11.0 Å². The number of benzene rings is 1. The number of nitrogens with zero attached hydrogens (tertiary/aromatic N) is 3. The molecule has 4 rings (SSSR count). The lowest BCUT2D eigenvalue weighted by Gasteiger charge is -2.34. The number of alkyl halides is 3. The molecule has 0 unspecified atom stereocenters. The molecule has 1 aliphatic rings. The number of sulfone groups is 1. The first-order valence-corrected chi connectivity index (χ1v) is 13.0. The standard InChI is InChI=1S/C24H25F3N4O4S/c1-31(23(32)16-9-11-36(33,34)12-10-16)22(24(25,26)27)15-3-5-17(6-4-15)29-18-13-20-19(28-14-18)7-8-21(30-20)35-2/h3-8,13-14,16,22,29H,9-12H2,1-2H3/t22-/m0/s1. The minimum absolute atomic E-state index is 0.0272. The molecule has 12 heteroatoms. The Labute approximate surface area is 206 Å². The molecule has 1 saturated heterocycles. The summed E-state index contributed by atoms with van der Waals surface area (Å²) >= 11 is 0. The third-order valence-electron chi connectivity index (χ3n) is 6.18. The number of anilines is 2. The fraction of sp³-hybridized carbons (Fsp3) is 0.375. The summed E-state index contributed by atoms with van der Waals surface area (Å²) in [5.41, 5.74) is 2.25. The number of amides is 1. The van der Waals surface area contributed by atoms with Crippen LogP contribution in [0.15, 0.2) is 48.7 Å². The third kappa shape index (κ3) is 5.69. The Hall–Kier alpha value is -3.41. The van der Waals surface area contributed by atoms with Gasteiger partial charge in [0.05, 0.1) is 41.5 Å². The van der Waals surface area contributed by atoms with Crippen molar-refractivity contribution in [2.45, 2.75) is 25.1 Å². The molecule has 0 aliphatic carbocycles. The van der Waals surface area contributed by atoms with Crippen LogP contribution >= 0.6 is 0 Å². The summed E-state index contributed by atoms with van der Waals surface area (Å²) in [4.78, 5) is 22.1. The van der Waals surface area contributed by atoms with Crippen LogP contribution in [0.1, 0.15) is 24.4 Å². The predicted molar refractivity (Wildman–Crippen MR) is 129 cm³/mol. The summed E-state index contributed by atoms with van der Waals surface area (Å²) in [7, 11) is -0.624. The van der Waals surface area contributed by atoms with E-state index in [-0.39, 0.29) is 29.9 Å². The largest absolute Gasteiger partial charge is 0.481 e. The Bertz CT molecular complexity index is 1350. The molecule has 1 aromatic carbocycles. The van der Waals surface area contributed by atoms with E-state index in [1.54, 1.807) is 24.4 Å². The molecule has 3 aromatic rings. The van der Waals surface area contributed by atoms with Gasteiger partial charge in [-0.1, -0.05) is 12.1 Å². The van der Waals surface area contributed by atoms with Gasteiger partial charge >= 0.3 is 6.18 Å². The first-order valence-electron chi connectivity index (χ1n) is 11.2. The second kappa shape index (κ2) is 9.92. The van der Waals surface area contributed by atoms with E-state index < -0.39 is 33.9 Å². The fourth-order valence-corrected chi connectivity index (χ4v) is 5.76. The maximum atomic E-state index is 14.0. The maximum Gasteiger partial charge on any atom is 0.413 e. The number of carbonyl (C=O) groups is 1. The first-order chi connectivity index (χ1) is 17.0. The van der Waals surface area contributed by atoms with Crippen molar-refractivity contribution in [1.29, 1.82) is 0 Å². The van der Waals surface area contributed by atoms with Crippen molar-refractivity contribution in [3.63, 3.8) is 0 Å². The molecular weight excluding hydrogens is 497 g/mol. The number of ether oxygens (including phenoxy) is 1. The van der Waals surface area contributed by atoms with E-state index in [4.69, 9.17) is 4.74 Å². The number of hydrogen-bond acceptors (Lipinski definition) is 7. The summed E-state index contributed by atoms with van der Waals surface area (Å²) in [6.45, 7) is 0. The normalized spacial score (nSPS) is 16.9. The summed E-state index contributed by atoms with van der Waals surface area (Å²) in [6, 6.07) is 8.64. The van der Waals surface area contributed by atoms with Crippen LogP contribution in [-0.2, 0) is 14.6 Å². The van der Waals surface area contributed by atoms with Gasteiger partial charge in [0, 0.05) is 24.7 Å². The van der Waals surface area contributed by atoms with Gasteiger partial charge in [-0.3, -0.25) is 9.78 Å². The van der Waals surface area contributed by atoms with Crippen molar-refractivity contribution in [2.24, 2.45) is 5.92 Å².